The third-order valence-corrected chi connectivity index (χ3v) is 4.12. The van der Waals surface area contributed by atoms with Gasteiger partial charge in [0.1, 0.15) is 17.6 Å². The summed E-state index contributed by atoms with van der Waals surface area (Å²) in [5.41, 5.74) is 2.00. The average Bonchev–Trinajstić information content (AvgIpc) is 3.21. The summed E-state index contributed by atoms with van der Waals surface area (Å²) in [7, 11) is 0. The first-order valence-corrected chi connectivity index (χ1v) is 8.43. The second kappa shape index (κ2) is 7.26. The first kappa shape index (κ1) is 16.1. The molecule has 1 saturated heterocycles. The lowest BCUT2D eigenvalue weighted by Crippen LogP contribution is -2.40. The van der Waals surface area contributed by atoms with Crippen LogP contribution >= 0.6 is 0 Å². The average molecular weight is 350 g/mol. The van der Waals surface area contributed by atoms with Crippen LogP contribution in [0.15, 0.2) is 54.9 Å². The molecule has 26 heavy (non-hydrogen) atoms. The molecule has 2 aromatic heterocycles. The van der Waals surface area contributed by atoms with E-state index in [-0.39, 0.29) is 12.0 Å². The highest BCUT2D eigenvalue weighted by molar-refractivity contribution is 5.76. The second-order valence-electron chi connectivity index (χ2n) is 6.01. The zero-order chi connectivity index (χ0) is 17.8. The Labute approximate surface area is 150 Å². The smallest absolute Gasteiger partial charge is 0.220 e. The second-order valence-corrected chi connectivity index (χ2v) is 6.01. The fourth-order valence-corrected chi connectivity index (χ4v) is 2.73. The van der Waals surface area contributed by atoms with E-state index in [1.165, 1.54) is 0 Å². The fraction of sp³-hybridized carbons (Fsp3) is 0.211. The van der Waals surface area contributed by atoms with Crippen LogP contribution in [0.25, 0.3) is 11.3 Å². The van der Waals surface area contributed by atoms with E-state index in [0.717, 1.165) is 17.0 Å². The standard InChI is InChI=1S/C19H18N4O3/c24-18-7-5-16(11-20-18)26-19-8-6-15(12-21-19)25-14-3-1-13(2-4-14)17-9-10-22-23-17/h1-4,6,8-10,12,16H,5,7,11H2,(H,20,24)(H,22,23)/t16-/m0/s1. The van der Waals surface area contributed by atoms with Crippen LogP contribution in [-0.4, -0.2) is 33.7 Å². The van der Waals surface area contributed by atoms with Crippen LogP contribution in [0.3, 0.4) is 0 Å². The summed E-state index contributed by atoms with van der Waals surface area (Å²) >= 11 is 0. The van der Waals surface area contributed by atoms with Crippen molar-refractivity contribution in [3.8, 4) is 28.6 Å². The zero-order valence-electron chi connectivity index (χ0n) is 14.0. The van der Waals surface area contributed by atoms with E-state index >= 15 is 0 Å². The molecule has 3 aromatic rings. The molecule has 1 fully saturated rings. The monoisotopic (exact) mass is 350 g/mol. The Balaban J connectivity index is 1.36. The third kappa shape index (κ3) is 3.83. The lowest BCUT2D eigenvalue weighted by molar-refractivity contribution is -0.123. The molecule has 1 aliphatic rings. The van der Waals surface area contributed by atoms with Crippen LogP contribution in [0, 0.1) is 0 Å². The topological polar surface area (TPSA) is 89.1 Å². The Bertz CT molecular complexity index is 851. The number of hydrogen-bond acceptors (Lipinski definition) is 5. The largest absolute Gasteiger partial charge is 0.472 e. The van der Waals surface area contributed by atoms with Gasteiger partial charge in [-0.1, -0.05) is 0 Å². The molecule has 0 saturated carbocycles. The van der Waals surface area contributed by atoms with Crippen molar-refractivity contribution in [2.75, 3.05) is 6.54 Å². The maximum absolute atomic E-state index is 11.2. The van der Waals surface area contributed by atoms with Gasteiger partial charge in [-0.3, -0.25) is 9.89 Å². The quantitative estimate of drug-likeness (QED) is 0.738. The van der Waals surface area contributed by atoms with Gasteiger partial charge in [0.15, 0.2) is 0 Å². The maximum Gasteiger partial charge on any atom is 0.220 e. The van der Waals surface area contributed by atoms with Crippen molar-refractivity contribution in [3.05, 3.63) is 54.9 Å². The normalized spacial score (nSPS) is 16.8. The van der Waals surface area contributed by atoms with Crippen molar-refractivity contribution in [2.45, 2.75) is 18.9 Å². The van der Waals surface area contributed by atoms with Crippen LogP contribution < -0.4 is 14.8 Å². The summed E-state index contributed by atoms with van der Waals surface area (Å²) in [6.07, 6.45) is 4.49. The molecule has 1 aromatic carbocycles. The van der Waals surface area contributed by atoms with E-state index in [0.29, 0.717) is 31.0 Å². The Hall–Kier alpha value is -3.35. The van der Waals surface area contributed by atoms with Crippen LogP contribution in [0.4, 0.5) is 0 Å². The number of amides is 1. The van der Waals surface area contributed by atoms with Gasteiger partial charge >= 0.3 is 0 Å². The number of nitrogens with one attached hydrogen (secondary N) is 2. The number of pyridine rings is 1. The number of benzene rings is 1. The van der Waals surface area contributed by atoms with Gasteiger partial charge in [0.2, 0.25) is 11.8 Å². The van der Waals surface area contributed by atoms with Crippen molar-refractivity contribution < 1.29 is 14.3 Å². The van der Waals surface area contributed by atoms with Crippen molar-refractivity contribution in [1.82, 2.24) is 20.5 Å². The highest BCUT2D eigenvalue weighted by Gasteiger charge is 2.19. The lowest BCUT2D eigenvalue weighted by Gasteiger charge is -2.22. The molecular weight excluding hydrogens is 332 g/mol. The van der Waals surface area contributed by atoms with Gasteiger partial charge < -0.3 is 14.8 Å². The number of hydrogen-bond donors (Lipinski definition) is 2. The number of aromatic amines is 1. The summed E-state index contributed by atoms with van der Waals surface area (Å²) in [5, 5.41) is 9.66. The molecule has 2 N–H and O–H groups in total. The predicted octanol–water partition coefficient (Wildman–Crippen LogP) is 2.92. The highest BCUT2D eigenvalue weighted by atomic mass is 16.5. The summed E-state index contributed by atoms with van der Waals surface area (Å²) in [6, 6.07) is 13.2. The zero-order valence-corrected chi connectivity index (χ0v) is 14.0. The van der Waals surface area contributed by atoms with E-state index in [2.05, 4.69) is 20.5 Å². The van der Waals surface area contributed by atoms with Gasteiger partial charge in [0, 0.05) is 18.7 Å². The minimum Gasteiger partial charge on any atom is -0.472 e. The maximum atomic E-state index is 11.2. The van der Waals surface area contributed by atoms with Crippen molar-refractivity contribution >= 4 is 5.91 Å². The van der Waals surface area contributed by atoms with Gasteiger partial charge in [-0.2, -0.15) is 5.10 Å². The molecule has 1 amide bonds. The lowest BCUT2D eigenvalue weighted by atomic mass is 10.1. The molecule has 0 bridgehead atoms. The van der Waals surface area contributed by atoms with Crippen LogP contribution in [0.1, 0.15) is 12.8 Å². The molecule has 4 rings (SSSR count). The van der Waals surface area contributed by atoms with Crippen molar-refractivity contribution in [3.63, 3.8) is 0 Å². The fourth-order valence-electron chi connectivity index (χ4n) is 2.73. The van der Waals surface area contributed by atoms with E-state index < -0.39 is 0 Å². The molecule has 1 atom stereocenters. The number of carbonyl (C=O) groups excluding carboxylic acids is 1. The molecule has 0 radical (unpaired) electrons. The summed E-state index contributed by atoms with van der Waals surface area (Å²) < 4.78 is 11.6. The van der Waals surface area contributed by atoms with Gasteiger partial charge in [-0.15, -0.1) is 0 Å². The van der Waals surface area contributed by atoms with Crippen LogP contribution in [0.5, 0.6) is 17.4 Å². The number of nitrogens with zero attached hydrogens (tertiary/aromatic N) is 2. The van der Waals surface area contributed by atoms with E-state index in [9.17, 15) is 4.79 Å². The molecule has 3 heterocycles. The SMILES string of the molecule is O=C1CC[C@H](Oc2ccc(Oc3ccc(-c4ccn[nH]4)cc3)cn2)CN1. The molecule has 7 nitrogen and oxygen atoms in total. The van der Waals surface area contributed by atoms with E-state index in [1.54, 1.807) is 18.5 Å². The first-order valence-electron chi connectivity index (χ1n) is 8.43. The molecule has 7 heteroatoms. The van der Waals surface area contributed by atoms with Crippen molar-refractivity contribution in [1.29, 1.82) is 0 Å². The summed E-state index contributed by atoms with van der Waals surface area (Å²) in [6.45, 7) is 0.515. The summed E-state index contributed by atoms with van der Waals surface area (Å²) in [5.74, 6) is 1.94. The Kier molecular flexibility index (Phi) is 4.51. The molecule has 132 valence electrons. The highest BCUT2D eigenvalue weighted by Crippen LogP contribution is 2.25. The third-order valence-electron chi connectivity index (χ3n) is 4.12. The van der Waals surface area contributed by atoms with E-state index in [1.807, 2.05) is 36.4 Å². The number of H-pyrrole nitrogens is 1. The first-order chi connectivity index (χ1) is 12.8. The van der Waals surface area contributed by atoms with Gasteiger partial charge in [-0.25, -0.2) is 4.98 Å². The Morgan fingerprint density at radius 2 is 1.88 bits per heavy atom. The number of ether oxygens (including phenoxy) is 2. The van der Waals surface area contributed by atoms with Crippen molar-refractivity contribution in [2.24, 2.45) is 0 Å². The van der Waals surface area contributed by atoms with Gasteiger partial charge in [0.25, 0.3) is 0 Å². The Morgan fingerprint density at radius 3 is 2.54 bits per heavy atom. The van der Waals surface area contributed by atoms with Crippen LogP contribution in [-0.2, 0) is 4.79 Å². The minimum atomic E-state index is -0.0398. The van der Waals surface area contributed by atoms with Gasteiger partial charge in [0.05, 0.1) is 18.4 Å². The molecular formula is C19H18N4O3. The number of rotatable bonds is 5. The Morgan fingerprint density at radius 1 is 1.04 bits per heavy atom. The predicted molar refractivity (Wildman–Crippen MR) is 95.0 cm³/mol. The van der Waals surface area contributed by atoms with Crippen LogP contribution in [0.2, 0.25) is 0 Å². The van der Waals surface area contributed by atoms with E-state index in [4.69, 9.17) is 9.47 Å². The molecule has 1 aliphatic heterocycles. The molecule has 0 unspecified atom stereocenters. The summed E-state index contributed by atoms with van der Waals surface area (Å²) in [4.78, 5) is 15.4. The molecule has 0 aliphatic carbocycles. The molecule has 0 spiro atoms. The number of piperidine rings is 1. The minimum absolute atomic E-state index is 0.0398. The van der Waals surface area contributed by atoms with Gasteiger partial charge in [-0.05, 0) is 48.4 Å². The number of carbonyl (C=O) groups is 1. The number of aromatic nitrogens is 3.